The molecule has 1 heterocycles. The summed E-state index contributed by atoms with van der Waals surface area (Å²) in [6.45, 7) is 2.62. The van der Waals surface area contributed by atoms with E-state index in [0.717, 1.165) is 31.2 Å². The average molecular weight is 319 g/mol. The van der Waals surface area contributed by atoms with Gasteiger partial charge in [0.05, 0.1) is 4.90 Å². The van der Waals surface area contributed by atoms with Crippen LogP contribution in [0.3, 0.4) is 0 Å². The van der Waals surface area contributed by atoms with Gasteiger partial charge in [-0.25, -0.2) is 8.42 Å². The van der Waals surface area contributed by atoms with E-state index < -0.39 is 10.0 Å². The lowest BCUT2D eigenvalue weighted by molar-refractivity contribution is 0.429. The van der Waals surface area contributed by atoms with Gasteiger partial charge in [-0.05, 0) is 57.6 Å². The third-order valence-corrected chi connectivity index (χ3v) is 6.74. The van der Waals surface area contributed by atoms with Crippen molar-refractivity contribution in [3.63, 3.8) is 0 Å². The number of hydrogen-bond acceptors (Lipinski definition) is 2. The maximum absolute atomic E-state index is 12.9. The van der Waals surface area contributed by atoms with Crippen LogP contribution < -0.4 is 0 Å². The number of rotatable bonds is 3. The zero-order valence-corrected chi connectivity index (χ0v) is 14.1. The lowest BCUT2D eigenvalue weighted by atomic mass is 9.93. The first-order valence-electron chi connectivity index (χ1n) is 8.35. The van der Waals surface area contributed by atoms with Crippen LogP contribution in [0.15, 0.2) is 40.8 Å². The van der Waals surface area contributed by atoms with Crippen molar-refractivity contribution >= 4 is 10.0 Å². The first-order valence-corrected chi connectivity index (χ1v) is 9.79. The van der Waals surface area contributed by atoms with Crippen LogP contribution in [0.25, 0.3) is 0 Å². The summed E-state index contributed by atoms with van der Waals surface area (Å²) in [5, 5.41) is 0. The lowest BCUT2D eigenvalue weighted by Gasteiger charge is -2.24. The van der Waals surface area contributed by atoms with Gasteiger partial charge in [-0.1, -0.05) is 35.8 Å². The molecule has 4 heteroatoms. The van der Waals surface area contributed by atoms with Gasteiger partial charge in [0.1, 0.15) is 0 Å². The van der Waals surface area contributed by atoms with Crippen LogP contribution in [-0.4, -0.2) is 25.3 Å². The standard InChI is InChI=1S/C18H25NO2S/c1-15-9-11-18(12-10-15)22(20,21)19-13-5-8-17(19)14-16-6-3-2-4-7-16/h9-12,14,17H,2-8,13H2,1H3. The average Bonchev–Trinajstić information content (AvgIpc) is 2.98. The minimum absolute atomic E-state index is 0.0550. The molecule has 1 aliphatic carbocycles. The lowest BCUT2D eigenvalue weighted by Crippen LogP contribution is -2.34. The smallest absolute Gasteiger partial charge is 0.207 e. The largest absolute Gasteiger partial charge is 0.243 e. The summed E-state index contributed by atoms with van der Waals surface area (Å²) in [5.74, 6) is 0. The van der Waals surface area contributed by atoms with E-state index in [2.05, 4.69) is 6.08 Å². The third-order valence-electron chi connectivity index (χ3n) is 4.80. The molecular weight excluding hydrogens is 294 g/mol. The number of sulfonamides is 1. The zero-order valence-electron chi connectivity index (χ0n) is 13.3. The molecule has 1 atom stereocenters. The highest BCUT2D eigenvalue weighted by Crippen LogP contribution is 2.30. The maximum Gasteiger partial charge on any atom is 0.243 e. The normalized spacial score (nSPS) is 23.7. The van der Waals surface area contributed by atoms with Crippen molar-refractivity contribution in [3.8, 4) is 0 Å². The van der Waals surface area contributed by atoms with E-state index in [1.165, 1.54) is 24.8 Å². The van der Waals surface area contributed by atoms with E-state index >= 15 is 0 Å². The van der Waals surface area contributed by atoms with Gasteiger partial charge in [-0.15, -0.1) is 0 Å². The monoisotopic (exact) mass is 319 g/mol. The van der Waals surface area contributed by atoms with E-state index in [-0.39, 0.29) is 6.04 Å². The van der Waals surface area contributed by atoms with Crippen molar-refractivity contribution in [1.82, 2.24) is 4.31 Å². The molecule has 0 spiro atoms. The van der Waals surface area contributed by atoms with Crippen molar-refractivity contribution in [1.29, 1.82) is 0 Å². The third kappa shape index (κ3) is 3.28. The number of aryl methyl sites for hydroxylation is 1. The van der Waals surface area contributed by atoms with E-state index in [1.54, 1.807) is 16.4 Å². The van der Waals surface area contributed by atoms with Gasteiger partial charge in [-0.2, -0.15) is 4.31 Å². The topological polar surface area (TPSA) is 37.4 Å². The molecule has 2 fully saturated rings. The Balaban J connectivity index is 1.84. The molecule has 0 N–H and O–H groups in total. The van der Waals surface area contributed by atoms with Crippen molar-refractivity contribution < 1.29 is 8.42 Å². The number of hydrogen-bond donors (Lipinski definition) is 0. The Kier molecular flexibility index (Phi) is 4.69. The summed E-state index contributed by atoms with van der Waals surface area (Å²) in [7, 11) is -3.37. The van der Waals surface area contributed by atoms with Crippen LogP contribution >= 0.6 is 0 Å². The fraction of sp³-hybridized carbons (Fsp3) is 0.556. The van der Waals surface area contributed by atoms with Crippen LogP contribution in [0.2, 0.25) is 0 Å². The van der Waals surface area contributed by atoms with Crippen LogP contribution in [0, 0.1) is 6.92 Å². The molecule has 120 valence electrons. The first-order chi connectivity index (χ1) is 10.6. The van der Waals surface area contributed by atoms with Crippen molar-refractivity contribution in [3.05, 3.63) is 41.5 Å². The molecule has 22 heavy (non-hydrogen) atoms. The Morgan fingerprint density at radius 2 is 1.73 bits per heavy atom. The molecule has 0 bridgehead atoms. The quantitative estimate of drug-likeness (QED) is 0.789. The summed E-state index contributed by atoms with van der Waals surface area (Å²) >= 11 is 0. The summed E-state index contributed by atoms with van der Waals surface area (Å²) in [5.41, 5.74) is 2.54. The second kappa shape index (κ2) is 6.55. The number of nitrogens with zero attached hydrogens (tertiary/aromatic N) is 1. The molecule has 1 aromatic rings. The van der Waals surface area contributed by atoms with Gasteiger partial charge >= 0.3 is 0 Å². The van der Waals surface area contributed by atoms with Crippen molar-refractivity contribution in [2.45, 2.75) is 62.8 Å². The first kappa shape index (κ1) is 15.8. The van der Waals surface area contributed by atoms with Gasteiger partial charge in [-0.3, -0.25) is 0 Å². The number of benzene rings is 1. The summed E-state index contributed by atoms with van der Waals surface area (Å²) in [6.07, 6.45) is 10.3. The Morgan fingerprint density at radius 3 is 2.41 bits per heavy atom. The fourth-order valence-corrected chi connectivity index (χ4v) is 5.16. The van der Waals surface area contributed by atoms with E-state index in [1.807, 2.05) is 19.1 Å². The van der Waals surface area contributed by atoms with Crippen LogP contribution in [0.1, 0.15) is 50.5 Å². The predicted molar refractivity (Wildman–Crippen MR) is 89.3 cm³/mol. The molecule has 3 rings (SSSR count). The van der Waals surface area contributed by atoms with Crippen molar-refractivity contribution in [2.75, 3.05) is 6.54 Å². The Hall–Kier alpha value is -1.13. The highest BCUT2D eigenvalue weighted by molar-refractivity contribution is 7.89. The second-order valence-corrected chi connectivity index (χ2v) is 8.41. The molecule has 0 aromatic heterocycles. The van der Waals surface area contributed by atoms with E-state index in [4.69, 9.17) is 0 Å². The molecule has 3 nitrogen and oxygen atoms in total. The molecule has 1 saturated heterocycles. The molecule has 0 amide bonds. The molecule has 1 aliphatic heterocycles. The molecule has 1 unspecified atom stereocenters. The maximum atomic E-state index is 12.9. The fourth-order valence-electron chi connectivity index (χ4n) is 3.52. The minimum Gasteiger partial charge on any atom is -0.207 e. The summed E-state index contributed by atoms with van der Waals surface area (Å²) in [4.78, 5) is 0.423. The highest BCUT2D eigenvalue weighted by Gasteiger charge is 2.34. The van der Waals surface area contributed by atoms with Gasteiger partial charge in [0, 0.05) is 12.6 Å². The Morgan fingerprint density at radius 1 is 1.05 bits per heavy atom. The summed E-state index contributed by atoms with van der Waals surface area (Å²) < 4.78 is 27.5. The zero-order chi connectivity index (χ0) is 15.6. The molecular formula is C18H25NO2S. The Bertz CT molecular complexity index is 638. The van der Waals surface area contributed by atoms with Crippen molar-refractivity contribution in [2.24, 2.45) is 0 Å². The van der Waals surface area contributed by atoms with Gasteiger partial charge < -0.3 is 0 Å². The predicted octanol–water partition coefficient (Wildman–Crippen LogP) is 4.04. The minimum atomic E-state index is -3.37. The molecule has 1 aromatic carbocycles. The van der Waals surface area contributed by atoms with Gasteiger partial charge in [0.2, 0.25) is 10.0 Å². The van der Waals surface area contributed by atoms with Gasteiger partial charge in [0.15, 0.2) is 0 Å². The van der Waals surface area contributed by atoms with Gasteiger partial charge in [0.25, 0.3) is 0 Å². The van der Waals surface area contributed by atoms with E-state index in [9.17, 15) is 8.42 Å². The van der Waals surface area contributed by atoms with Crippen LogP contribution in [0.4, 0.5) is 0 Å². The van der Waals surface area contributed by atoms with E-state index in [0.29, 0.717) is 11.4 Å². The molecule has 1 saturated carbocycles. The second-order valence-electron chi connectivity index (χ2n) is 6.52. The molecule has 0 radical (unpaired) electrons. The molecule has 2 aliphatic rings. The SMILES string of the molecule is Cc1ccc(S(=O)(=O)N2CCCC2C=C2CCCCC2)cc1. The highest BCUT2D eigenvalue weighted by atomic mass is 32.2. The Labute approximate surface area is 134 Å². The van der Waals surface area contributed by atoms with Crippen LogP contribution in [0.5, 0.6) is 0 Å². The summed E-state index contributed by atoms with van der Waals surface area (Å²) in [6, 6.07) is 7.26. The van der Waals surface area contributed by atoms with Crippen LogP contribution in [-0.2, 0) is 10.0 Å². The number of allylic oxidation sites excluding steroid dienone is 1.